The summed E-state index contributed by atoms with van der Waals surface area (Å²) in [6.07, 6.45) is 2.43. The van der Waals surface area contributed by atoms with Crippen molar-refractivity contribution in [1.82, 2.24) is 9.80 Å². The highest BCUT2D eigenvalue weighted by molar-refractivity contribution is 5.96. The molecule has 0 saturated carbocycles. The summed E-state index contributed by atoms with van der Waals surface area (Å²) >= 11 is 0. The zero-order valence-corrected chi connectivity index (χ0v) is 12.5. The van der Waals surface area contributed by atoms with Crippen molar-refractivity contribution in [3.05, 3.63) is 11.8 Å². The monoisotopic (exact) mass is 268 g/mol. The molecule has 0 spiro atoms. The fourth-order valence-electron chi connectivity index (χ4n) is 1.86. The lowest BCUT2D eigenvalue weighted by Crippen LogP contribution is -2.37. The third-order valence-corrected chi connectivity index (χ3v) is 2.68. The highest BCUT2D eigenvalue weighted by Crippen LogP contribution is 2.17. The molecule has 0 N–H and O–H groups in total. The average Bonchev–Trinajstić information content (AvgIpc) is 2.39. The molecular weight excluding hydrogens is 244 g/mol. The van der Waals surface area contributed by atoms with Gasteiger partial charge in [0, 0.05) is 45.4 Å². The van der Waals surface area contributed by atoms with Gasteiger partial charge in [-0.1, -0.05) is 0 Å². The van der Waals surface area contributed by atoms with Gasteiger partial charge in [0.25, 0.3) is 0 Å². The number of carbonyl (C=O) groups is 2. The van der Waals surface area contributed by atoms with Crippen LogP contribution in [-0.2, 0) is 9.53 Å². The summed E-state index contributed by atoms with van der Waals surface area (Å²) in [4.78, 5) is 27.4. The van der Waals surface area contributed by atoms with E-state index in [1.807, 2.05) is 46.0 Å². The number of Topliss-reactive ketones (excluding diaryl/α,β-unsaturated/α-hetero) is 1. The van der Waals surface area contributed by atoms with Crippen molar-refractivity contribution in [3.63, 3.8) is 0 Å². The Morgan fingerprint density at radius 3 is 2.37 bits per heavy atom. The highest BCUT2D eigenvalue weighted by Gasteiger charge is 2.26. The summed E-state index contributed by atoms with van der Waals surface area (Å²) in [7, 11) is 3.77. The molecule has 1 amide bonds. The Bertz CT molecular complexity index is 381. The maximum atomic E-state index is 12.0. The molecule has 0 aliphatic carbocycles. The maximum Gasteiger partial charge on any atom is 0.410 e. The van der Waals surface area contributed by atoms with E-state index in [1.165, 1.54) is 0 Å². The van der Waals surface area contributed by atoms with E-state index in [0.29, 0.717) is 25.9 Å². The van der Waals surface area contributed by atoms with Crippen LogP contribution in [0.15, 0.2) is 11.8 Å². The van der Waals surface area contributed by atoms with Crippen LogP contribution in [0, 0.1) is 0 Å². The molecular formula is C14H24N2O3. The van der Waals surface area contributed by atoms with Gasteiger partial charge in [-0.15, -0.1) is 0 Å². The number of carbonyl (C=O) groups excluding carboxylic acids is 2. The average molecular weight is 268 g/mol. The molecule has 1 fully saturated rings. The summed E-state index contributed by atoms with van der Waals surface area (Å²) in [5, 5.41) is 0. The lowest BCUT2D eigenvalue weighted by Gasteiger charge is -2.26. The summed E-state index contributed by atoms with van der Waals surface area (Å²) in [5.41, 5.74) is 0.270. The predicted octanol–water partition coefficient (Wildman–Crippen LogP) is 2.03. The van der Waals surface area contributed by atoms with Crippen LogP contribution in [0.2, 0.25) is 0 Å². The third-order valence-electron chi connectivity index (χ3n) is 2.68. The number of likely N-dealkylation sites (tertiary alicyclic amines) is 1. The van der Waals surface area contributed by atoms with Gasteiger partial charge in [0.05, 0.1) is 0 Å². The second-order valence-electron chi connectivity index (χ2n) is 6.01. The maximum absolute atomic E-state index is 12.0. The van der Waals surface area contributed by atoms with Crippen molar-refractivity contribution in [3.8, 4) is 0 Å². The molecule has 1 saturated heterocycles. The van der Waals surface area contributed by atoms with Crippen molar-refractivity contribution >= 4 is 11.9 Å². The number of rotatable bonds is 1. The molecule has 0 unspecified atom stereocenters. The van der Waals surface area contributed by atoms with Crippen molar-refractivity contribution in [1.29, 1.82) is 0 Å². The van der Waals surface area contributed by atoms with Crippen molar-refractivity contribution < 1.29 is 14.3 Å². The fourth-order valence-corrected chi connectivity index (χ4v) is 1.86. The Morgan fingerprint density at radius 1 is 1.26 bits per heavy atom. The Hall–Kier alpha value is -1.52. The molecule has 1 rings (SSSR count). The first-order valence-corrected chi connectivity index (χ1v) is 6.57. The van der Waals surface area contributed by atoms with Gasteiger partial charge < -0.3 is 14.5 Å². The minimum absolute atomic E-state index is 0.111. The summed E-state index contributed by atoms with van der Waals surface area (Å²) in [6.45, 7) is 6.47. The van der Waals surface area contributed by atoms with Crippen LogP contribution in [0.3, 0.4) is 0 Å². The van der Waals surface area contributed by atoms with Crippen molar-refractivity contribution in [2.24, 2.45) is 0 Å². The number of hydrogen-bond donors (Lipinski definition) is 0. The smallest absolute Gasteiger partial charge is 0.410 e. The van der Waals surface area contributed by atoms with E-state index in [2.05, 4.69) is 0 Å². The molecule has 1 heterocycles. The lowest BCUT2D eigenvalue weighted by atomic mass is 10.1. The van der Waals surface area contributed by atoms with E-state index in [-0.39, 0.29) is 11.9 Å². The largest absolute Gasteiger partial charge is 0.444 e. The number of ketones is 1. The van der Waals surface area contributed by atoms with Crippen LogP contribution in [-0.4, -0.2) is 54.5 Å². The van der Waals surface area contributed by atoms with Crippen LogP contribution >= 0.6 is 0 Å². The zero-order valence-electron chi connectivity index (χ0n) is 12.5. The normalized spacial score (nSPS) is 19.3. The molecule has 0 aromatic carbocycles. The van der Waals surface area contributed by atoms with Crippen LogP contribution in [0.4, 0.5) is 4.79 Å². The van der Waals surface area contributed by atoms with Crippen molar-refractivity contribution in [2.45, 2.75) is 39.2 Å². The standard InChI is InChI=1S/C14H24N2O3/c1-14(2,3)19-13(18)16-8-6-11(10-15(4)5)12(17)7-9-16/h10H,6-9H2,1-5H3/b11-10+. The number of hydrogen-bond acceptors (Lipinski definition) is 4. The zero-order chi connectivity index (χ0) is 14.6. The fraction of sp³-hybridized carbons (Fsp3) is 0.714. The van der Waals surface area contributed by atoms with Gasteiger partial charge in [-0.05, 0) is 27.2 Å². The predicted molar refractivity (Wildman–Crippen MR) is 73.8 cm³/mol. The van der Waals surface area contributed by atoms with Gasteiger partial charge in [0.15, 0.2) is 5.78 Å². The number of nitrogens with zero attached hydrogens (tertiary/aromatic N) is 2. The SMILES string of the molecule is CN(C)/C=C1\CCN(C(=O)OC(C)(C)C)CCC1=O. The molecule has 1 aliphatic heterocycles. The van der Waals surface area contributed by atoms with Crippen LogP contribution in [0.5, 0.6) is 0 Å². The lowest BCUT2D eigenvalue weighted by molar-refractivity contribution is -0.115. The first kappa shape index (κ1) is 15.5. The van der Waals surface area contributed by atoms with Crippen LogP contribution < -0.4 is 0 Å². The number of ether oxygens (including phenoxy) is 1. The second kappa shape index (κ2) is 6.08. The minimum atomic E-state index is -0.504. The molecule has 0 aromatic heterocycles. The topological polar surface area (TPSA) is 49.9 Å². The third kappa shape index (κ3) is 5.32. The molecule has 108 valence electrons. The van der Waals surface area contributed by atoms with E-state index in [9.17, 15) is 9.59 Å². The summed E-state index contributed by atoms with van der Waals surface area (Å²) in [6, 6.07) is 0. The van der Waals surface area contributed by atoms with Gasteiger partial charge in [-0.3, -0.25) is 4.79 Å². The van der Waals surface area contributed by atoms with E-state index < -0.39 is 5.60 Å². The second-order valence-corrected chi connectivity index (χ2v) is 6.01. The molecule has 19 heavy (non-hydrogen) atoms. The van der Waals surface area contributed by atoms with E-state index in [0.717, 1.165) is 5.57 Å². The summed E-state index contributed by atoms with van der Waals surface area (Å²) < 4.78 is 5.33. The molecule has 0 bridgehead atoms. The van der Waals surface area contributed by atoms with E-state index in [1.54, 1.807) is 4.90 Å². The first-order chi connectivity index (χ1) is 8.69. The van der Waals surface area contributed by atoms with Gasteiger partial charge in [-0.25, -0.2) is 4.79 Å². The van der Waals surface area contributed by atoms with E-state index >= 15 is 0 Å². The first-order valence-electron chi connectivity index (χ1n) is 6.57. The highest BCUT2D eigenvalue weighted by atomic mass is 16.6. The Kier molecular flexibility index (Phi) is 4.97. The quantitative estimate of drug-likeness (QED) is 0.683. The van der Waals surface area contributed by atoms with Crippen molar-refractivity contribution in [2.75, 3.05) is 27.2 Å². The Labute approximate surface area is 115 Å². The molecule has 0 atom stereocenters. The molecule has 0 radical (unpaired) electrons. The van der Waals surface area contributed by atoms with Gasteiger partial charge in [0.2, 0.25) is 0 Å². The van der Waals surface area contributed by atoms with Crippen LogP contribution in [0.25, 0.3) is 0 Å². The minimum Gasteiger partial charge on any atom is -0.444 e. The number of amides is 1. The molecule has 5 nitrogen and oxygen atoms in total. The van der Waals surface area contributed by atoms with Gasteiger partial charge >= 0.3 is 6.09 Å². The van der Waals surface area contributed by atoms with Gasteiger partial charge in [-0.2, -0.15) is 0 Å². The van der Waals surface area contributed by atoms with Gasteiger partial charge in [0.1, 0.15) is 5.60 Å². The Morgan fingerprint density at radius 2 is 1.84 bits per heavy atom. The molecule has 1 aliphatic rings. The van der Waals surface area contributed by atoms with Crippen LogP contribution in [0.1, 0.15) is 33.6 Å². The summed E-state index contributed by atoms with van der Waals surface area (Å²) in [5.74, 6) is 0.111. The van der Waals surface area contributed by atoms with E-state index in [4.69, 9.17) is 4.74 Å². The Balaban J connectivity index is 2.68. The molecule has 0 aromatic rings. The molecule has 5 heteroatoms.